The fraction of sp³-hybridized carbons (Fsp3) is 0.625. The van der Waals surface area contributed by atoms with Gasteiger partial charge in [0.25, 0.3) is 0 Å². The van der Waals surface area contributed by atoms with Crippen LogP contribution in [0.25, 0.3) is 0 Å². The van der Waals surface area contributed by atoms with Gasteiger partial charge in [-0.25, -0.2) is 0 Å². The summed E-state index contributed by atoms with van der Waals surface area (Å²) in [5.41, 5.74) is 1.12. The van der Waals surface area contributed by atoms with Crippen molar-refractivity contribution in [1.29, 1.82) is 0 Å². The number of hydrogen-bond donors (Lipinski definition) is 0. The van der Waals surface area contributed by atoms with Crippen molar-refractivity contribution in [2.24, 2.45) is 5.92 Å². The molecule has 3 heteroatoms. The minimum Gasteiger partial charge on any atom is -0.493 e. The molecule has 0 saturated heterocycles. The van der Waals surface area contributed by atoms with E-state index in [1.165, 1.54) is 32.1 Å². The third-order valence-electron chi connectivity index (χ3n) is 4.07. The van der Waals surface area contributed by atoms with Crippen molar-refractivity contribution in [2.45, 2.75) is 43.9 Å². The van der Waals surface area contributed by atoms with Crippen molar-refractivity contribution < 1.29 is 9.47 Å². The lowest BCUT2D eigenvalue weighted by Gasteiger charge is -2.15. The summed E-state index contributed by atoms with van der Waals surface area (Å²) in [5.74, 6) is 2.40. The van der Waals surface area contributed by atoms with Crippen molar-refractivity contribution >= 4 is 11.6 Å². The van der Waals surface area contributed by atoms with Crippen LogP contribution in [-0.2, 0) is 0 Å². The summed E-state index contributed by atoms with van der Waals surface area (Å²) in [6.45, 7) is 0. The number of ether oxygens (including phenoxy) is 2. The molecule has 1 aromatic rings. The van der Waals surface area contributed by atoms with Crippen LogP contribution in [0.2, 0.25) is 0 Å². The van der Waals surface area contributed by atoms with Crippen LogP contribution >= 0.6 is 11.6 Å². The molecule has 2 nitrogen and oxygen atoms in total. The van der Waals surface area contributed by atoms with Crippen LogP contribution in [0, 0.1) is 5.92 Å². The van der Waals surface area contributed by atoms with E-state index in [9.17, 15) is 0 Å². The molecule has 1 fully saturated rings. The minimum atomic E-state index is 0.0698. The van der Waals surface area contributed by atoms with Gasteiger partial charge in [0, 0.05) is 0 Å². The average molecular weight is 283 g/mol. The summed E-state index contributed by atoms with van der Waals surface area (Å²) in [7, 11) is 3.30. The van der Waals surface area contributed by atoms with Gasteiger partial charge >= 0.3 is 0 Å². The number of benzene rings is 1. The Labute approximate surface area is 121 Å². The molecule has 1 aliphatic carbocycles. The van der Waals surface area contributed by atoms with Gasteiger partial charge in [-0.3, -0.25) is 0 Å². The van der Waals surface area contributed by atoms with Gasteiger partial charge < -0.3 is 9.47 Å². The smallest absolute Gasteiger partial charge is 0.161 e. The monoisotopic (exact) mass is 282 g/mol. The molecule has 2 rings (SSSR count). The molecule has 0 radical (unpaired) electrons. The number of halogens is 1. The predicted molar refractivity (Wildman–Crippen MR) is 79.3 cm³/mol. The summed E-state index contributed by atoms with van der Waals surface area (Å²) in [4.78, 5) is 0. The molecule has 1 saturated carbocycles. The van der Waals surface area contributed by atoms with E-state index in [0.717, 1.165) is 29.4 Å². The lowest BCUT2D eigenvalue weighted by Crippen LogP contribution is -1.99. The fourth-order valence-electron chi connectivity index (χ4n) is 2.90. The highest BCUT2D eigenvalue weighted by Gasteiger charge is 2.18. The van der Waals surface area contributed by atoms with Crippen LogP contribution in [0.1, 0.15) is 49.5 Å². The molecular weight excluding hydrogens is 260 g/mol. The van der Waals surface area contributed by atoms with Crippen molar-refractivity contribution in [3.05, 3.63) is 23.8 Å². The maximum Gasteiger partial charge on any atom is 0.161 e. The van der Waals surface area contributed by atoms with Gasteiger partial charge in [-0.05, 0) is 36.5 Å². The van der Waals surface area contributed by atoms with Crippen LogP contribution in [0.4, 0.5) is 0 Å². The molecule has 0 heterocycles. The van der Waals surface area contributed by atoms with Crippen molar-refractivity contribution in [3.8, 4) is 11.5 Å². The third kappa shape index (κ3) is 3.79. The zero-order valence-corrected chi connectivity index (χ0v) is 12.6. The van der Waals surface area contributed by atoms with Gasteiger partial charge in [-0.1, -0.05) is 31.7 Å². The molecule has 1 aliphatic rings. The Morgan fingerprint density at radius 3 is 2.47 bits per heavy atom. The van der Waals surface area contributed by atoms with Gasteiger partial charge in [-0.2, -0.15) is 0 Å². The SMILES string of the molecule is COc1ccc(C(Cl)CCC2CCCC2)cc1OC. The molecule has 19 heavy (non-hydrogen) atoms. The lowest BCUT2D eigenvalue weighted by atomic mass is 9.98. The second-order valence-electron chi connectivity index (χ2n) is 5.31. The van der Waals surface area contributed by atoms with Crippen LogP contribution in [0.3, 0.4) is 0 Å². The molecule has 0 N–H and O–H groups in total. The standard InChI is InChI=1S/C16H23ClO2/c1-18-15-10-8-13(11-16(15)19-2)14(17)9-7-12-5-3-4-6-12/h8,10-12,14H,3-7,9H2,1-2H3. The van der Waals surface area contributed by atoms with Gasteiger partial charge in [0.15, 0.2) is 11.5 Å². The van der Waals surface area contributed by atoms with E-state index in [1.54, 1.807) is 14.2 Å². The summed E-state index contributed by atoms with van der Waals surface area (Å²) < 4.78 is 10.6. The Morgan fingerprint density at radius 2 is 1.84 bits per heavy atom. The average Bonchev–Trinajstić information content (AvgIpc) is 2.97. The lowest BCUT2D eigenvalue weighted by molar-refractivity contribution is 0.354. The maximum absolute atomic E-state index is 6.51. The molecule has 1 atom stereocenters. The highest BCUT2D eigenvalue weighted by molar-refractivity contribution is 6.20. The zero-order chi connectivity index (χ0) is 13.7. The molecular formula is C16H23ClO2. The Hall–Kier alpha value is -0.890. The van der Waals surface area contributed by atoms with E-state index >= 15 is 0 Å². The summed E-state index contributed by atoms with van der Waals surface area (Å²) >= 11 is 6.51. The molecule has 1 unspecified atom stereocenters. The van der Waals surface area contributed by atoms with Gasteiger partial charge in [-0.15, -0.1) is 11.6 Å². The van der Waals surface area contributed by atoms with E-state index < -0.39 is 0 Å². The first kappa shape index (κ1) is 14.5. The largest absolute Gasteiger partial charge is 0.493 e. The number of rotatable bonds is 6. The normalized spacial score (nSPS) is 17.4. The van der Waals surface area contributed by atoms with E-state index in [4.69, 9.17) is 21.1 Å². The Kier molecular flexibility index (Phi) is 5.38. The van der Waals surface area contributed by atoms with E-state index in [2.05, 4.69) is 0 Å². The highest BCUT2D eigenvalue weighted by Crippen LogP contribution is 2.36. The van der Waals surface area contributed by atoms with E-state index in [-0.39, 0.29) is 5.38 Å². The van der Waals surface area contributed by atoms with Gasteiger partial charge in [0.2, 0.25) is 0 Å². The van der Waals surface area contributed by atoms with Crippen LogP contribution in [-0.4, -0.2) is 14.2 Å². The van der Waals surface area contributed by atoms with Gasteiger partial charge in [0.05, 0.1) is 19.6 Å². The van der Waals surface area contributed by atoms with Crippen LogP contribution < -0.4 is 9.47 Å². The minimum absolute atomic E-state index is 0.0698. The summed E-state index contributed by atoms with van der Waals surface area (Å²) in [6.07, 6.45) is 7.84. The van der Waals surface area contributed by atoms with Crippen LogP contribution in [0.5, 0.6) is 11.5 Å². The topological polar surface area (TPSA) is 18.5 Å². The Bertz CT molecular complexity index is 400. The fourth-order valence-corrected chi connectivity index (χ4v) is 3.16. The molecule has 0 bridgehead atoms. The van der Waals surface area contributed by atoms with Crippen molar-refractivity contribution in [3.63, 3.8) is 0 Å². The van der Waals surface area contributed by atoms with Crippen LogP contribution in [0.15, 0.2) is 18.2 Å². The quantitative estimate of drug-likeness (QED) is 0.687. The second kappa shape index (κ2) is 7.04. The Morgan fingerprint density at radius 1 is 1.16 bits per heavy atom. The molecule has 0 aliphatic heterocycles. The number of methoxy groups -OCH3 is 2. The highest BCUT2D eigenvalue weighted by atomic mass is 35.5. The van der Waals surface area contributed by atoms with Gasteiger partial charge in [0.1, 0.15) is 0 Å². The molecule has 0 spiro atoms. The number of alkyl halides is 1. The molecule has 0 amide bonds. The first-order valence-electron chi connectivity index (χ1n) is 7.10. The maximum atomic E-state index is 6.51. The van der Waals surface area contributed by atoms with E-state index in [1.807, 2.05) is 18.2 Å². The van der Waals surface area contributed by atoms with Crippen molar-refractivity contribution in [2.75, 3.05) is 14.2 Å². The molecule has 106 valence electrons. The Balaban J connectivity index is 1.95. The summed E-state index contributed by atoms with van der Waals surface area (Å²) in [6, 6.07) is 5.96. The third-order valence-corrected chi connectivity index (χ3v) is 4.54. The first-order valence-corrected chi connectivity index (χ1v) is 7.54. The van der Waals surface area contributed by atoms with Crippen molar-refractivity contribution in [1.82, 2.24) is 0 Å². The second-order valence-corrected chi connectivity index (χ2v) is 5.84. The molecule has 1 aromatic carbocycles. The van der Waals surface area contributed by atoms with E-state index in [0.29, 0.717) is 0 Å². The summed E-state index contributed by atoms with van der Waals surface area (Å²) in [5, 5.41) is 0.0698. The predicted octanol–water partition coefficient (Wildman–Crippen LogP) is 4.95. The number of hydrogen-bond acceptors (Lipinski definition) is 2. The zero-order valence-electron chi connectivity index (χ0n) is 11.8. The first-order chi connectivity index (χ1) is 9.24. The molecule has 0 aromatic heterocycles.